The Kier molecular flexibility index (Phi) is 5.42. The summed E-state index contributed by atoms with van der Waals surface area (Å²) in [7, 11) is 0. The van der Waals surface area contributed by atoms with Gasteiger partial charge in [-0.15, -0.1) is 11.3 Å². The van der Waals surface area contributed by atoms with Crippen molar-refractivity contribution in [2.45, 2.75) is 32.5 Å². The second kappa shape index (κ2) is 7.72. The zero-order chi connectivity index (χ0) is 16.9. The summed E-state index contributed by atoms with van der Waals surface area (Å²) < 4.78 is 5.65. The molecule has 2 aromatic heterocycles. The quantitative estimate of drug-likeness (QED) is 0.924. The van der Waals surface area contributed by atoms with Gasteiger partial charge in [-0.25, -0.2) is 9.78 Å². The molecule has 3 rings (SSSR count). The van der Waals surface area contributed by atoms with Gasteiger partial charge >= 0.3 is 6.03 Å². The van der Waals surface area contributed by atoms with Crippen LogP contribution in [0.3, 0.4) is 0 Å². The smallest absolute Gasteiger partial charge is 0.317 e. The van der Waals surface area contributed by atoms with Gasteiger partial charge in [-0.1, -0.05) is 0 Å². The summed E-state index contributed by atoms with van der Waals surface area (Å²) in [5.74, 6) is 0. The number of aromatic nitrogens is 2. The topological polar surface area (TPSA) is 67.4 Å². The number of urea groups is 1. The fraction of sp³-hybridized carbons (Fsp3) is 0.471. The molecule has 1 saturated heterocycles. The van der Waals surface area contributed by atoms with E-state index >= 15 is 0 Å². The third-order valence-electron chi connectivity index (χ3n) is 3.84. The van der Waals surface area contributed by atoms with Crippen molar-refractivity contribution in [1.82, 2.24) is 20.2 Å². The summed E-state index contributed by atoms with van der Waals surface area (Å²) in [6.07, 6.45) is 4.42. The minimum atomic E-state index is -0.0263. The highest BCUT2D eigenvalue weighted by Crippen LogP contribution is 2.22. The van der Waals surface area contributed by atoms with Crippen molar-refractivity contribution in [2.75, 3.05) is 19.6 Å². The molecule has 6 nitrogen and oxygen atoms in total. The first kappa shape index (κ1) is 16.9. The number of carbonyl (C=O) groups is 1. The highest BCUT2D eigenvalue weighted by molar-refractivity contribution is 7.13. The number of thiazole rings is 1. The molecular weight excluding hydrogens is 324 g/mol. The lowest BCUT2D eigenvalue weighted by Crippen LogP contribution is -2.51. The Labute approximate surface area is 145 Å². The number of nitrogens with zero attached hydrogens (tertiary/aromatic N) is 3. The molecule has 128 valence electrons. The predicted molar refractivity (Wildman–Crippen MR) is 94.0 cm³/mol. The lowest BCUT2D eigenvalue weighted by atomic mass is 10.2. The van der Waals surface area contributed by atoms with Crippen LogP contribution in [0, 0.1) is 0 Å². The second-order valence-electron chi connectivity index (χ2n) is 6.02. The first-order valence-electron chi connectivity index (χ1n) is 8.15. The van der Waals surface area contributed by atoms with Crippen LogP contribution >= 0.6 is 11.3 Å². The number of hydrogen-bond donors (Lipinski definition) is 1. The van der Waals surface area contributed by atoms with Crippen LogP contribution in [-0.2, 0) is 11.2 Å². The molecule has 2 amide bonds. The van der Waals surface area contributed by atoms with Gasteiger partial charge in [0.25, 0.3) is 0 Å². The lowest BCUT2D eigenvalue weighted by Gasteiger charge is -2.35. The summed E-state index contributed by atoms with van der Waals surface area (Å²) >= 11 is 1.61. The Morgan fingerprint density at radius 3 is 2.75 bits per heavy atom. The molecular formula is C17H22N4O2S. The summed E-state index contributed by atoms with van der Waals surface area (Å²) in [5.41, 5.74) is 2.07. The first-order chi connectivity index (χ1) is 11.6. The molecule has 0 bridgehead atoms. The Morgan fingerprint density at radius 1 is 1.33 bits per heavy atom. The highest BCUT2D eigenvalue weighted by atomic mass is 32.1. The Hall–Kier alpha value is -1.99. The zero-order valence-corrected chi connectivity index (χ0v) is 14.8. The summed E-state index contributed by atoms with van der Waals surface area (Å²) in [6, 6.07) is 3.87. The van der Waals surface area contributed by atoms with E-state index in [1.165, 1.54) is 0 Å². The molecule has 0 aromatic carbocycles. The first-order valence-corrected chi connectivity index (χ1v) is 9.03. The Balaban J connectivity index is 1.48. The molecule has 0 saturated carbocycles. The van der Waals surface area contributed by atoms with Crippen LogP contribution in [0.25, 0.3) is 10.6 Å². The van der Waals surface area contributed by atoms with Gasteiger partial charge in [-0.2, -0.15) is 0 Å². The third-order valence-corrected chi connectivity index (χ3v) is 4.78. The van der Waals surface area contributed by atoms with E-state index in [-0.39, 0.29) is 18.2 Å². The van der Waals surface area contributed by atoms with E-state index in [9.17, 15) is 4.79 Å². The summed E-state index contributed by atoms with van der Waals surface area (Å²) in [4.78, 5) is 22.7. The largest absolute Gasteiger partial charge is 0.372 e. The lowest BCUT2D eigenvalue weighted by molar-refractivity contribution is -0.0544. The average Bonchev–Trinajstić information content (AvgIpc) is 3.03. The van der Waals surface area contributed by atoms with E-state index in [0.717, 1.165) is 22.7 Å². The van der Waals surface area contributed by atoms with E-state index in [1.54, 1.807) is 23.7 Å². The fourth-order valence-corrected chi connectivity index (χ4v) is 3.66. The predicted octanol–water partition coefficient (Wildman–Crippen LogP) is 2.57. The molecule has 1 aliphatic rings. The van der Waals surface area contributed by atoms with E-state index in [0.29, 0.717) is 19.6 Å². The van der Waals surface area contributed by atoms with Gasteiger partial charge in [-0.3, -0.25) is 4.98 Å². The third kappa shape index (κ3) is 4.30. The van der Waals surface area contributed by atoms with Crippen molar-refractivity contribution in [3.8, 4) is 10.6 Å². The highest BCUT2D eigenvalue weighted by Gasteiger charge is 2.25. The van der Waals surface area contributed by atoms with Gasteiger partial charge in [0, 0.05) is 49.4 Å². The standard InChI is InChI=1S/C17H22N4O2S/c1-12-9-21(10-13(2)23-12)17(22)19-8-5-15-11-24-16(20-15)14-3-6-18-7-4-14/h3-4,6-7,11-13H,5,8-10H2,1-2H3,(H,19,22)/t12-,13+. The van der Waals surface area contributed by atoms with Crippen LogP contribution in [0.15, 0.2) is 29.9 Å². The molecule has 1 N–H and O–H groups in total. The zero-order valence-electron chi connectivity index (χ0n) is 13.9. The SMILES string of the molecule is C[C@@H]1CN(C(=O)NCCc2csc(-c3ccncc3)n2)C[C@H](C)O1. The maximum atomic E-state index is 12.2. The van der Waals surface area contributed by atoms with Crippen molar-refractivity contribution in [1.29, 1.82) is 0 Å². The van der Waals surface area contributed by atoms with Crippen LogP contribution < -0.4 is 5.32 Å². The Bertz CT molecular complexity index is 666. The fourth-order valence-electron chi connectivity index (χ4n) is 2.80. The van der Waals surface area contributed by atoms with Crippen molar-refractivity contribution in [3.05, 3.63) is 35.6 Å². The molecule has 0 radical (unpaired) electrons. The van der Waals surface area contributed by atoms with E-state index in [1.807, 2.05) is 36.3 Å². The molecule has 24 heavy (non-hydrogen) atoms. The Morgan fingerprint density at radius 2 is 2.04 bits per heavy atom. The number of ether oxygens (including phenoxy) is 1. The molecule has 7 heteroatoms. The molecule has 0 aliphatic carbocycles. The number of carbonyl (C=O) groups excluding carboxylic acids is 1. The van der Waals surface area contributed by atoms with Crippen molar-refractivity contribution < 1.29 is 9.53 Å². The molecule has 2 atom stereocenters. The summed E-state index contributed by atoms with van der Waals surface area (Å²) in [6.45, 7) is 5.84. The van der Waals surface area contributed by atoms with Crippen LogP contribution in [-0.4, -0.2) is 52.7 Å². The number of morpholine rings is 1. The molecule has 1 fully saturated rings. The maximum absolute atomic E-state index is 12.2. The molecule has 0 unspecified atom stereocenters. The van der Waals surface area contributed by atoms with Crippen LogP contribution in [0.1, 0.15) is 19.5 Å². The van der Waals surface area contributed by atoms with Gasteiger partial charge in [0.1, 0.15) is 5.01 Å². The minimum absolute atomic E-state index is 0.0263. The van der Waals surface area contributed by atoms with Gasteiger partial charge in [0.2, 0.25) is 0 Å². The molecule has 3 heterocycles. The van der Waals surface area contributed by atoms with Crippen LogP contribution in [0.2, 0.25) is 0 Å². The van der Waals surface area contributed by atoms with Crippen LogP contribution in [0.4, 0.5) is 4.79 Å². The second-order valence-corrected chi connectivity index (χ2v) is 6.88. The monoisotopic (exact) mass is 346 g/mol. The van der Waals surface area contributed by atoms with Gasteiger partial charge in [0.15, 0.2) is 0 Å². The van der Waals surface area contributed by atoms with Gasteiger partial charge in [-0.05, 0) is 26.0 Å². The number of pyridine rings is 1. The normalized spacial score (nSPS) is 20.8. The van der Waals surface area contributed by atoms with Crippen molar-refractivity contribution in [2.24, 2.45) is 0 Å². The molecule has 0 spiro atoms. The molecule has 1 aliphatic heterocycles. The van der Waals surface area contributed by atoms with E-state index in [4.69, 9.17) is 4.74 Å². The molecule has 2 aromatic rings. The maximum Gasteiger partial charge on any atom is 0.317 e. The number of hydrogen-bond acceptors (Lipinski definition) is 5. The number of rotatable bonds is 4. The van der Waals surface area contributed by atoms with Crippen LogP contribution in [0.5, 0.6) is 0 Å². The van der Waals surface area contributed by atoms with Gasteiger partial charge < -0.3 is 15.0 Å². The van der Waals surface area contributed by atoms with Crippen molar-refractivity contribution >= 4 is 17.4 Å². The number of amides is 2. The summed E-state index contributed by atoms with van der Waals surface area (Å²) in [5, 5.41) is 6.00. The van der Waals surface area contributed by atoms with Gasteiger partial charge in [0.05, 0.1) is 17.9 Å². The average molecular weight is 346 g/mol. The number of nitrogens with one attached hydrogen (secondary N) is 1. The minimum Gasteiger partial charge on any atom is -0.372 e. The van der Waals surface area contributed by atoms with E-state index < -0.39 is 0 Å². The van der Waals surface area contributed by atoms with Crippen molar-refractivity contribution in [3.63, 3.8) is 0 Å². The van der Waals surface area contributed by atoms with E-state index in [2.05, 4.69) is 15.3 Å².